The fraction of sp³-hybridized carbons (Fsp3) is 0.231. The van der Waals surface area contributed by atoms with Crippen LogP contribution in [0, 0.1) is 6.92 Å². The number of hydrogen-bond donors (Lipinski definition) is 0. The van der Waals surface area contributed by atoms with Crippen molar-refractivity contribution in [3.05, 3.63) is 47.8 Å². The molecule has 1 aromatic carbocycles. The third-order valence-electron chi connectivity index (χ3n) is 2.61. The molecule has 0 unspecified atom stereocenters. The Bertz CT molecular complexity index is 549. The summed E-state index contributed by atoms with van der Waals surface area (Å²) < 4.78 is 1.62. The van der Waals surface area contributed by atoms with Gasteiger partial charge in [0.2, 0.25) is 0 Å². The Morgan fingerprint density at radius 3 is 2.61 bits per heavy atom. The van der Waals surface area contributed by atoms with Gasteiger partial charge in [0.25, 0.3) is 5.91 Å². The molecule has 0 aliphatic carbocycles. The molecule has 0 radical (unpaired) electrons. The monoisotopic (exact) mass is 245 g/mol. The minimum absolute atomic E-state index is 0.234. The highest BCUT2D eigenvalue weighted by Crippen LogP contribution is 2.13. The number of rotatable bonds is 3. The summed E-state index contributed by atoms with van der Waals surface area (Å²) >= 11 is 0. The predicted octanol–water partition coefficient (Wildman–Crippen LogP) is 1.81. The number of amides is 1. The van der Waals surface area contributed by atoms with Crippen LogP contribution in [0.3, 0.4) is 0 Å². The van der Waals surface area contributed by atoms with Crippen LogP contribution in [0.15, 0.2) is 36.4 Å². The second-order valence-corrected chi connectivity index (χ2v) is 3.90. The summed E-state index contributed by atoms with van der Waals surface area (Å²) in [5, 5.41) is 5.51. The van der Waals surface area contributed by atoms with Crippen LogP contribution in [0.4, 0.5) is 0 Å². The van der Waals surface area contributed by atoms with E-state index in [0.29, 0.717) is 5.69 Å². The summed E-state index contributed by atoms with van der Waals surface area (Å²) in [4.78, 5) is 17.0. The van der Waals surface area contributed by atoms with E-state index < -0.39 is 0 Å². The summed E-state index contributed by atoms with van der Waals surface area (Å²) in [6.07, 6.45) is 0. The van der Waals surface area contributed by atoms with E-state index in [1.165, 1.54) is 12.2 Å². The molecule has 5 heteroatoms. The van der Waals surface area contributed by atoms with Gasteiger partial charge in [0.15, 0.2) is 0 Å². The number of hydrogen-bond acceptors (Lipinski definition) is 3. The standard InChI is InChI=1S/C13H15N3O2/c1-10-9-12(13(17)15(2)18-3)16(14-10)11-7-5-4-6-8-11/h4-9H,1-3H3. The lowest BCUT2D eigenvalue weighted by Crippen LogP contribution is -2.27. The molecule has 1 amide bonds. The number of aryl methyl sites for hydroxylation is 1. The highest BCUT2D eigenvalue weighted by atomic mass is 16.7. The second-order valence-electron chi connectivity index (χ2n) is 3.90. The van der Waals surface area contributed by atoms with Crippen LogP contribution in [-0.2, 0) is 4.84 Å². The Kier molecular flexibility index (Phi) is 3.43. The second kappa shape index (κ2) is 5.01. The molecule has 1 heterocycles. The third kappa shape index (κ3) is 2.26. The minimum atomic E-state index is -0.234. The summed E-state index contributed by atoms with van der Waals surface area (Å²) in [6.45, 7) is 1.85. The van der Waals surface area contributed by atoms with Gasteiger partial charge < -0.3 is 0 Å². The third-order valence-corrected chi connectivity index (χ3v) is 2.61. The molecule has 18 heavy (non-hydrogen) atoms. The highest BCUT2D eigenvalue weighted by molar-refractivity contribution is 5.92. The minimum Gasteiger partial charge on any atom is -0.274 e. The number of aromatic nitrogens is 2. The van der Waals surface area contributed by atoms with Gasteiger partial charge in [-0.3, -0.25) is 9.63 Å². The zero-order valence-corrected chi connectivity index (χ0v) is 10.6. The molecule has 2 aromatic rings. The van der Waals surface area contributed by atoms with Gasteiger partial charge in [0, 0.05) is 7.05 Å². The number of benzene rings is 1. The van der Waals surface area contributed by atoms with Crippen molar-refractivity contribution in [3.63, 3.8) is 0 Å². The first kappa shape index (κ1) is 12.3. The average molecular weight is 245 g/mol. The Morgan fingerprint density at radius 2 is 2.00 bits per heavy atom. The summed E-state index contributed by atoms with van der Waals surface area (Å²) in [5.74, 6) is -0.234. The molecule has 0 saturated heterocycles. The van der Waals surface area contributed by atoms with E-state index in [0.717, 1.165) is 11.4 Å². The molecule has 0 aliphatic rings. The molecule has 5 nitrogen and oxygen atoms in total. The molecule has 0 atom stereocenters. The molecular weight excluding hydrogens is 230 g/mol. The fourth-order valence-electron chi connectivity index (χ4n) is 1.66. The summed E-state index contributed by atoms with van der Waals surface area (Å²) in [5.41, 5.74) is 2.10. The molecule has 0 aliphatic heterocycles. The van der Waals surface area contributed by atoms with E-state index >= 15 is 0 Å². The molecule has 0 fully saturated rings. The van der Waals surface area contributed by atoms with Crippen molar-refractivity contribution < 1.29 is 9.63 Å². The van der Waals surface area contributed by atoms with E-state index in [9.17, 15) is 4.79 Å². The maximum atomic E-state index is 12.1. The molecule has 0 bridgehead atoms. The van der Waals surface area contributed by atoms with Crippen LogP contribution >= 0.6 is 0 Å². The molecule has 1 aromatic heterocycles. The Labute approximate surface area is 106 Å². The predicted molar refractivity (Wildman–Crippen MR) is 67.4 cm³/mol. The van der Waals surface area contributed by atoms with Gasteiger partial charge in [0.05, 0.1) is 18.5 Å². The van der Waals surface area contributed by atoms with Crippen LogP contribution in [0.2, 0.25) is 0 Å². The molecule has 94 valence electrons. The van der Waals surface area contributed by atoms with E-state index in [4.69, 9.17) is 4.84 Å². The van der Waals surface area contributed by atoms with Gasteiger partial charge >= 0.3 is 0 Å². The topological polar surface area (TPSA) is 47.4 Å². The quantitative estimate of drug-likeness (QED) is 0.775. The maximum Gasteiger partial charge on any atom is 0.295 e. The molecule has 0 spiro atoms. The van der Waals surface area contributed by atoms with Gasteiger partial charge in [-0.15, -0.1) is 0 Å². The summed E-state index contributed by atoms with van der Waals surface area (Å²) in [6, 6.07) is 11.3. The van der Waals surface area contributed by atoms with Crippen LogP contribution < -0.4 is 0 Å². The van der Waals surface area contributed by atoms with Gasteiger partial charge in [-0.25, -0.2) is 9.75 Å². The van der Waals surface area contributed by atoms with Crippen molar-refractivity contribution in [1.82, 2.24) is 14.8 Å². The first-order valence-corrected chi connectivity index (χ1v) is 5.57. The zero-order chi connectivity index (χ0) is 13.1. The SMILES string of the molecule is CON(C)C(=O)c1cc(C)nn1-c1ccccc1. The van der Waals surface area contributed by atoms with Crippen molar-refractivity contribution in [1.29, 1.82) is 0 Å². The normalized spacial score (nSPS) is 10.4. The van der Waals surface area contributed by atoms with Crippen LogP contribution in [-0.4, -0.2) is 34.9 Å². The molecule has 2 rings (SSSR count). The summed E-state index contributed by atoms with van der Waals surface area (Å²) in [7, 11) is 3.02. The number of carbonyl (C=O) groups is 1. The number of hydroxylamine groups is 2. The molecular formula is C13H15N3O2. The Hall–Kier alpha value is -2.14. The first-order valence-electron chi connectivity index (χ1n) is 5.57. The van der Waals surface area contributed by atoms with E-state index in [2.05, 4.69) is 5.10 Å². The van der Waals surface area contributed by atoms with Crippen molar-refractivity contribution >= 4 is 5.91 Å². The lowest BCUT2D eigenvalue weighted by molar-refractivity contribution is -0.0762. The van der Waals surface area contributed by atoms with E-state index in [-0.39, 0.29) is 5.91 Å². The van der Waals surface area contributed by atoms with Crippen LogP contribution in [0.5, 0.6) is 0 Å². The lowest BCUT2D eigenvalue weighted by atomic mass is 10.3. The maximum absolute atomic E-state index is 12.1. The number of nitrogens with zero attached hydrogens (tertiary/aromatic N) is 3. The fourth-order valence-corrected chi connectivity index (χ4v) is 1.66. The van der Waals surface area contributed by atoms with Crippen molar-refractivity contribution in [3.8, 4) is 5.69 Å². The van der Waals surface area contributed by atoms with Gasteiger partial charge in [0.1, 0.15) is 5.69 Å². The van der Waals surface area contributed by atoms with Crippen molar-refractivity contribution in [2.75, 3.05) is 14.2 Å². The van der Waals surface area contributed by atoms with E-state index in [1.54, 1.807) is 17.8 Å². The molecule has 0 N–H and O–H groups in total. The number of para-hydroxylation sites is 1. The van der Waals surface area contributed by atoms with Crippen molar-refractivity contribution in [2.45, 2.75) is 6.92 Å². The lowest BCUT2D eigenvalue weighted by Gasteiger charge is -2.14. The van der Waals surface area contributed by atoms with Crippen molar-refractivity contribution in [2.24, 2.45) is 0 Å². The first-order chi connectivity index (χ1) is 8.63. The number of carbonyl (C=O) groups excluding carboxylic acids is 1. The average Bonchev–Trinajstić information content (AvgIpc) is 2.80. The molecule has 0 saturated carbocycles. The van der Waals surface area contributed by atoms with E-state index in [1.807, 2.05) is 37.3 Å². The van der Waals surface area contributed by atoms with Gasteiger partial charge in [-0.05, 0) is 25.1 Å². The largest absolute Gasteiger partial charge is 0.295 e. The van der Waals surface area contributed by atoms with Gasteiger partial charge in [-0.1, -0.05) is 18.2 Å². The zero-order valence-electron chi connectivity index (χ0n) is 10.6. The smallest absolute Gasteiger partial charge is 0.274 e. The van der Waals surface area contributed by atoms with Crippen LogP contribution in [0.25, 0.3) is 5.69 Å². The Balaban J connectivity index is 2.47. The highest BCUT2D eigenvalue weighted by Gasteiger charge is 2.18. The van der Waals surface area contributed by atoms with Gasteiger partial charge in [-0.2, -0.15) is 5.10 Å². The van der Waals surface area contributed by atoms with Crippen LogP contribution in [0.1, 0.15) is 16.2 Å². The Morgan fingerprint density at radius 1 is 1.33 bits per heavy atom.